The Balaban J connectivity index is 1.66. The molecule has 5 rings (SSSR count). The maximum atomic E-state index is 13.4. The molecule has 2 aromatic carbocycles. The molecule has 1 N–H and O–H groups in total. The second-order valence-corrected chi connectivity index (χ2v) is 7.85. The van der Waals surface area contributed by atoms with Gasteiger partial charge in [0.2, 0.25) is 0 Å². The quantitative estimate of drug-likeness (QED) is 0.426. The minimum Gasteiger partial charge on any atom is -0.358 e. The number of aromatic amines is 1. The van der Waals surface area contributed by atoms with Gasteiger partial charge in [-0.3, -0.25) is 9.36 Å². The molecule has 0 fully saturated rings. The fraction of sp³-hybridized carbons (Fsp3) is 0.250. The summed E-state index contributed by atoms with van der Waals surface area (Å²) >= 11 is 0. The lowest BCUT2D eigenvalue weighted by Crippen LogP contribution is -2.30. The number of fused-ring (bicyclic) bond motifs is 4. The molecule has 156 valence electrons. The van der Waals surface area contributed by atoms with Crippen LogP contribution in [0, 0.1) is 6.92 Å². The van der Waals surface area contributed by atoms with Crippen LogP contribution in [-0.2, 0) is 13.0 Å². The normalized spacial score (nSPS) is 11.7. The molecule has 0 unspecified atom stereocenters. The lowest BCUT2D eigenvalue weighted by molar-refractivity contribution is 0.0972. The van der Waals surface area contributed by atoms with Gasteiger partial charge in [-0.15, -0.1) is 5.10 Å². The number of carbonyl (C=O) groups is 1. The van der Waals surface area contributed by atoms with Crippen LogP contribution in [0.15, 0.2) is 53.3 Å². The topological polar surface area (TPSA) is 85.0 Å². The second kappa shape index (κ2) is 7.50. The molecule has 3 heterocycles. The first-order valence-electron chi connectivity index (χ1n) is 10.6. The van der Waals surface area contributed by atoms with E-state index in [1.54, 1.807) is 0 Å². The number of aromatic nitrogens is 5. The first-order chi connectivity index (χ1) is 15.1. The molecule has 0 spiro atoms. The maximum Gasteiger partial charge on any atom is 0.351 e. The fourth-order valence-corrected chi connectivity index (χ4v) is 4.23. The highest BCUT2D eigenvalue weighted by Crippen LogP contribution is 2.24. The number of aryl methyl sites for hydroxylation is 2. The third-order valence-corrected chi connectivity index (χ3v) is 5.73. The SMILES string of the molecule is CCCCc1nc2c3ccccc3n(CC(=O)c3c(C)[nH]c4ccccc34)c(=O)n2n1. The van der Waals surface area contributed by atoms with Gasteiger partial charge in [0.1, 0.15) is 0 Å². The molecular weight excluding hydrogens is 390 g/mol. The van der Waals surface area contributed by atoms with Crippen molar-refractivity contribution in [3.05, 3.63) is 76.1 Å². The average Bonchev–Trinajstić information content (AvgIpc) is 3.35. The van der Waals surface area contributed by atoms with Gasteiger partial charge in [0, 0.05) is 34.0 Å². The number of carbonyl (C=O) groups excluding carboxylic acids is 1. The standard InChI is InChI=1S/C24H23N5O2/c1-3-4-13-21-26-23-17-10-6-8-12-19(17)28(24(31)29(23)27-21)14-20(30)22-15(2)25-18-11-7-5-9-16(18)22/h5-12,25H,3-4,13-14H2,1-2H3. The summed E-state index contributed by atoms with van der Waals surface area (Å²) in [7, 11) is 0. The molecule has 31 heavy (non-hydrogen) atoms. The van der Waals surface area contributed by atoms with Crippen molar-refractivity contribution in [1.82, 2.24) is 24.1 Å². The van der Waals surface area contributed by atoms with E-state index < -0.39 is 0 Å². The van der Waals surface area contributed by atoms with Gasteiger partial charge >= 0.3 is 5.69 Å². The molecule has 0 radical (unpaired) electrons. The number of unbranched alkanes of at least 4 members (excludes halogenated alkanes) is 1. The molecule has 0 aliphatic rings. The van der Waals surface area contributed by atoms with Crippen molar-refractivity contribution in [1.29, 1.82) is 0 Å². The molecular formula is C24H23N5O2. The van der Waals surface area contributed by atoms with E-state index >= 15 is 0 Å². The Hall–Kier alpha value is -3.74. The highest BCUT2D eigenvalue weighted by atomic mass is 16.2. The highest BCUT2D eigenvalue weighted by Gasteiger charge is 2.20. The number of ketones is 1. The van der Waals surface area contributed by atoms with Crippen molar-refractivity contribution < 1.29 is 4.79 Å². The number of H-pyrrole nitrogens is 1. The van der Waals surface area contributed by atoms with E-state index in [1.807, 2.05) is 55.5 Å². The summed E-state index contributed by atoms with van der Waals surface area (Å²) < 4.78 is 2.84. The number of rotatable bonds is 6. The molecule has 0 bridgehead atoms. The highest BCUT2D eigenvalue weighted by molar-refractivity contribution is 6.09. The molecule has 0 saturated heterocycles. The predicted molar refractivity (Wildman–Crippen MR) is 121 cm³/mol. The third-order valence-electron chi connectivity index (χ3n) is 5.73. The van der Waals surface area contributed by atoms with E-state index in [0.29, 0.717) is 22.6 Å². The Morgan fingerprint density at radius 1 is 1.06 bits per heavy atom. The van der Waals surface area contributed by atoms with E-state index in [9.17, 15) is 9.59 Å². The van der Waals surface area contributed by atoms with Gasteiger partial charge in [0.05, 0.1) is 12.1 Å². The Bertz CT molecular complexity index is 1510. The van der Waals surface area contributed by atoms with Crippen LogP contribution in [0.25, 0.3) is 27.5 Å². The zero-order valence-electron chi connectivity index (χ0n) is 17.6. The fourth-order valence-electron chi connectivity index (χ4n) is 4.23. The smallest absolute Gasteiger partial charge is 0.351 e. The first-order valence-corrected chi connectivity index (χ1v) is 10.6. The Morgan fingerprint density at radius 2 is 1.81 bits per heavy atom. The minimum absolute atomic E-state index is 0.0673. The monoisotopic (exact) mass is 413 g/mol. The molecule has 7 heteroatoms. The van der Waals surface area contributed by atoms with Crippen LogP contribution in [0.4, 0.5) is 0 Å². The van der Waals surface area contributed by atoms with Gasteiger partial charge in [-0.25, -0.2) is 9.78 Å². The molecule has 0 aliphatic heterocycles. The van der Waals surface area contributed by atoms with Crippen LogP contribution >= 0.6 is 0 Å². The summed E-state index contributed by atoms with van der Waals surface area (Å²) in [5, 5.41) is 6.13. The van der Waals surface area contributed by atoms with Gasteiger partial charge in [-0.1, -0.05) is 43.7 Å². The zero-order valence-corrected chi connectivity index (χ0v) is 17.6. The van der Waals surface area contributed by atoms with Gasteiger partial charge in [-0.2, -0.15) is 4.52 Å². The van der Waals surface area contributed by atoms with Crippen molar-refractivity contribution in [2.45, 2.75) is 39.7 Å². The lowest BCUT2D eigenvalue weighted by atomic mass is 10.1. The lowest BCUT2D eigenvalue weighted by Gasteiger charge is -2.10. The Kier molecular flexibility index (Phi) is 4.66. The Morgan fingerprint density at radius 3 is 2.61 bits per heavy atom. The van der Waals surface area contributed by atoms with Crippen LogP contribution in [0.2, 0.25) is 0 Å². The number of para-hydroxylation sites is 2. The van der Waals surface area contributed by atoms with Crippen molar-refractivity contribution in [2.24, 2.45) is 0 Å². The molecule has 0 aliphatic carbocycles. The van der Waals surface area contributed by atoms with E-state index in [0.717, 1.165) is 41.2 Å². The van der Waals surface area contributed by atoms with E-state index in [-0.39, 0.29) is 18.0 Å². The molecule has 0 atom stereocenters. The number of nitrogens with zero attached hydrogens (tertiary/aromatic N) is 4. The summed E-state index contributed by atoms with van der Waals surface area (Å²) in [6.45, 7) is 3.92. The van der Waals surface area contributed by atoms with Crippen molar-refractivity contribution in [2.75, 3.05) is 0 Å². The van der Waals surface area contributed by atoms with Crippen LogP contribution < -0.4 is 5.69 Å². The van der Waals surface area contributed by atoms with E-state index in [1.165, 1.54) is 9.08 Å². The van der Waals surface area contributed by atoms with Gasteiger partial charge in [0.15, 0.2) is 17.3 Å². The molecule has 3 aromatic heterocycles. The van der Waals surface area contributed by atoms with Crippen LogP contribution in [0.5, 0.6) is 0 Å². The van der Waals surface area contributed by atoms with Crippen molar-refractivity contribution >= 4 is 33.2 Å². The summed E-state index contributed by atoms with van der Waals surface area (Å²) in [6.07, 6.45) is 2.71. The van der Waals surface area contributed by atoms with Crippen molar-refractivity contribution in [3.63, 3.8) is 0 Å². The summed E-state index contributed by atoms with van der Waals surface area (Å²) in [5.74, 6) is 0.536. The van der Waals surface area contributed by atoms with Crippen LogP contribution in [-0.4, -0.2) is 29.9 Å². The predicted octanol–water partition coefficient (Wildman–Crippen LogP) is 4.06. The molecule has 0 amide bonds. The maximum absolute atomic E-state index is 13.4. The van der Waals surface area contributed by atoms with E-state index in [4.69, 9.17) is 0 Å². The molecule has 0 saturated carbocycles. The van der Waals surface area contributed by atoms with Gasteiger partial charge < -0.3 is 4.98 Å². The first kappa shape index (κ1) is 19.2. The van der Waals surface area contributed by atoms with Crippen LogP contribution in [0.3, 0.4) is 0 Å². The average molecular weight is 413 g/mol. The Labute approximate surface area is 178 Å². The van der Waals surface area contributed by atoms with Crippen molar-refractivity contribution in [3.8, 4) is 0 Å². The third kappa shape index (κ3) is 3.13. The summed E-state index contributed by atoms with van der Waals surface area (Å²) in [6, 6.07) is 15.3. The largest absolute Gasteiger partial charge is 0.358 e. The number of hydrogen-bond donors (Lipinski definition) is 1. The number of hydrogen-bond acceptors (Lipinski definition) is 4. The van der Waals surface area contributed by atoms with Gasteiger partial charge in [0.25, 0.3) is 0 Å². The summed E-state index contributed by atoms with van der Waals surface area (Å²) in [5.41, 5.74) is 3.20. The summed E-state index contributed by atoms with van der Waals surface area (Å²) in [4.78, 5) is 34.6. The molecule has 7 nitrogen and oxygen atoms in total. The second-order valence-electron chi connectivity index (χ2n) is 7.85. The number of nitrogens with one attached hydrogen (secondary N) is 1. The zero-order chi connectivity index (χ0) is 21.5. The van der Waals surface area contributed by atoms with Gasteiger partial charge in [-0.05, 0) is 31.5 Å². The number of Topliss-reactive ketones (excluding diaryl/α,β-unsaturated/α-hetero) is 1. The minimum atomic E-state index is -0.352. The number of benzene rings is 2. The van der Waals surface area contributed by atoms with Crippen LogP contribution in [0.1, 0.15) is 41.6 Å². The van der Waals surface area contributed by atoms with E-state index in [2.05, 4.69) is 22.0 Å². The molecule has 5 aromatic rings.